The number of Topliss-reactive ketones (excluding diaryl/α,β-unsaturated/α-hetero) is 1. The average molecular weight is 382 g/mol. The number of nitrogens with one attached hydrogen (secondary N) is 2. The second-order valence-corrected chi connectivity index (χ2v) is 9.23. The van der Waals surface area contributed by atoms with Gasteiger partial charge in [-0.15, -0.1) is 0 Å². The van der Waals surface area contributed by atoms with Crippen molar-refractivity contribution < 1.29 is 22.8 Å². The number of carbonyl (C=O) groups excluding carboxylic acids is 1. The fourth-order valence-electron chi connectivity index (χ4n) is 4.23. The van der Waals surface area contributed by atoms with Gasteiger partial charge in [0, 0.05) is 18.4 Å². The van der Waals surface area contributed by atoms with Gasteiger partial charge in [-0.2, -0.15) is 0 Å². The molecule has 1 aliphatic carbocycles. The first-order valence-electron chi connectivity index (χ1n) is 9.47. The molecule has 26 heavy (non-hydrogen) atoms. The molecule has 0 unspecified atom stereocenters. The second kappa shape index (κ2) is 8.17. The van der Waals surface area contributed by atoms with Crippen molar-refractivity contribution in [3.05, 3.63) is 29.8 Å². The van der Waals surface area contributed by atoms with E-state index in [1.807, 2.05) is 0 Å². The number of quaternary nitrogens is 1. The summed E-state index contributed by atoms with van der Waals surface area (Å²) in [5.41, 5.74) is 0.367. The zero-order valence-corrected chi connectivity index (χ0v) is 16.2. The maximum atomic E-state index is 12.8. The van der Waals surface area contributed by atoms with Gasteiger partial charge < -0.3 is 9.64 Å². The van der Waals surface area contributed by atoms with Gasteiger partial charge in [-0.25, -0.2) is 13.1 Å². The molecular formula is C19H29N2O4S+. The summed E-state index contributed by atoms with van der Waals surface area (Å²) in [7, 11) is -3.64. The van der Waals surface area contributed by atoms with E-state index >= 15 is 0 Å². The van der Waals surface area contributed by atoms with E-state index in [-0.39, 0.29) is 16.2 Å². The van der Waals surface area contributed by atoms with Crippen LogP contribution in [0.1, 0.15) is 49.4 Å². The highest BCUT2D eigenvalue weighted by Crippen LogP contribution is 2.26. The lowest BCUT2D eigenvalue weighted by atomic mass is 9.80. The van der Waals surface area contributed by atoms with Crippen molar-refractivity contribution in [2.24, 2.45) is 0 Å². The van der Waals surface area contributed by atoms with Crippen molar-refractivity contribution in [3.63, 3.8) is 0 Å². The number of ketones is 1. The minimum atomic E-state index is -3.64. The van der Waals surface area contributed by atoms with Crippen LogP contribution >= 0.6 is 0 Å². The van der Waals surface area contributed by atoms with Crippen molar-refractivity contribution in [2.45, 2.75) is 49.5 Å². The number of morpholine rings is 1. The zero-order chi connectivity index (χ0) is 18.6. The van der Waals surface area contributed by atoms with E-state index in [9.17, 15) is 13.2 Å². The summed E-state index contributed by atoms with van der Waals surface area (Å²) in [6, 6.07) is 6.26. The van der Waals surface area contributed by atoms with Crippen LogP contribution in [0.5, 0.6) is 0 Å². The predicted molar refractivity (Wildman–Crippen MR) is 99.0 cm³/mol. The summed E-state index contributed by atoms with van der Waals surface area (Å²) < 4.78 is 34.0. The minimum absolute atomic E-state index is 0.0483. The Morgan fingerprint density at radius 1 is 1.19 bits per heavy atom. The molecule has 0 amide bonds. The van der Waals surface area contributed by atoms with Crippen LogP contribution < -0.4 is 9.62 Å². The van der Waals surface area contributed by atoms with Gasteiger partial charge in [0.25, 0.3) is 0 Å². The number of ether oxygens (including phenoxy) is 1. The number of hydrogen-bond acceptors (Lipinski definition) is 4. The lowest BCUT2D eigenvalue weighted by molar-refractivity contribution is -0.960. The number of sulfonamides is 1. The third-order valence-electron chi connectivity index (χ3n) is 5.81. The molecule has 6 nitrogen and oxygen atoms in total. The highest BCUT2D eigenvalue weighted by atomic mass is 32.2. The minimum Gasteiger partial charge on any atom is -0.370 e. The molecule has 0 aromatic heterocycles. The van der Waals surface area contributed by atoms with Crippen LogP contribution in [0.4, 0.5) is 0 Å². The van der Waals surface area contributed by atoms with Crippen LogP contribution in [0.2, 0.25) is 0 Å². The van der Waals surface area contributed by atoms with Crippen molar-refractivity contribution in [2.75, 3.05) is 32.8 Å². The molecule has 2 fully saturated rings. The summed E-state index contributed by atoms with van der Waals surface area (Å²) in [6.45, 7) is 5.23. The Balaban J connectivity index is 1.77. The van der Waals surface area contributed by atoms with Crippen molar-refractivity contribution in [1.82, 2.24) is 4.72 Å². The summed E-state index contributed by atoms with van der Waals surface area (Å²) in [5.74, 6) is -0.136. The summed E-state index contributed by atoms with van der Waals surface area (Å²) in [4.78, 5) is 13.2. The molecule has 1 aromatic rings. The standard InChI is InChI=1S/C19H28N2O4S/c1-16(22)17-6-5-7-18(14-17)26(23,24)20-15-19(8-3-2-4-9-19)21-10-12-25-13-11-21/h5-7,14,20H,2-4,8-13,15H2,1H3/p+1. The van der Waals surface area contributed by atoms with E-state index in [0.717, 1.165) is 52.0 Å². The van der Waals surface area contributed by atoms with E-state index in [4.69, 9.17) is 4.74 Å². The lowest BCUT2D eigenvalue weighted by Gasteiger charge is -2.44. The molecule has 3 rings (SSSR count). The van der Waals surface area contributed by atoms with Gasteiger partial charge in [0.15, 0.2) is 5.78 Å². The second-order valence-electron chi connectivity index (χ2n) is 7.47. The van der Waals surface area contributed by atoms with Crippen LogP contribution in [0.3, 0.4) is 0 Å². The monoisotopic (exact) mass is 381 g/mol. The number of hydrogen-bond donors (Lipinski definition) is 2. The van der Waals surface area contributed by atoms with E-state index in [0.29, 0.717) is 12.1 Å². The number of rotatable bonds is 6. The molecular weight excluding hydrogens is 352 g/mol. The van der Waals surface area contributed by atoms with Crippen LogP contribution in [0, 0.1) is 0 Å². The van der Waals surface area contributed by atoms with Crippen LogP contribution in [0.25, 0.3) is 0 Å². The fourth-order valence-corrected chi connectivity index (χ4v) is 5.40. The van der Waals surface area contributed by atoms with Gasteiger partial charge in [-0.05, 0) is 31.9 Å². The predicted octanol–water partition coefficient (Wildman–Crippen LogP) is 0.786. The Labute approximate surface area is 156 Å². The first-order valence-corrected chi connectivity index (χ1v) is 10.9. The maximum Gasteiger partial charge on any atom is 0.240 e. The number of carbonyl (C=O) groups is 1. The Kier molecular flexibility index (Phi) is 6.12. The Hall–Kier alpha value is -1.28. The first-order chi connectivity index (χ1) is 12.4. The van der Waals surface area contributed by atoms with E-state index in [2.05, 4.69) is 4.72 Å². The molecule has 0 spiro atoms. The molecule has 1 aromatic carbocycles. The molecule has 1 aliphatic heterocycles. The maximum absolute atomic E-state index is 12.8. The molecule has 7 heteroatoms. The first kappa shape index (κ1) is 19.5. The highest BCUT2D eigenvalue weighted by Gasteiger charge is 2.43. The van der Waals surface area contributed by atoms with Crippen LogP contribution in [-0.2, 0) is 14.8 Å². The van der Waals surface area contributed by atoms with Crippen molar-refractivity contribution in [3.8, 4) is 0 Å². The van der Waals surface area contributed by atoms with E-state index in [1.165, 1.54) is 24.3 Å². The van der Waals surface area contributed by atoms with Crippen molar-refractivity contribution in [1.29, 1.82) is 0 Å². The summed E-state index contributed by atoms with van der Waals surface area (Å²) >= 11 is 0. The zero-order valence-electron chi connectivity index (χ0n) is 15.4. The molecule has 2 aliphatic rings. The molecule has 1 heterocycles. The summed E-state index contributed by atoms with van der Waals surface area (Å²) in [6.07, 6.45) is 5.59. The molecule has 0 atom stereocenters. The van der Waals surface area contributed by atoms with Gasteiger partial charge in [-0.1, -0.05) is 18.6 Å². The Bertz CT molecular complexity index is 736. The summed E-state index contributed by atoms with van der Waals surface area (Å²) in [5, 5.41) is 0. The quantitative estimate of drug-likeness (QED) is 0.714. The SMILES string of the molecule is CC(=O)c1cccc(S(=O)(=O)NCC2([NH+]3CCOCC3)CCCCC2)c1. The topological polar surface area (TPSA) is 76.9 Å². The van der Waals surface area contributed by atoms with E-state index in [1.54, 1.807) is 18.2 Å². The third-order valence-corrected chi connectivity index (χ3v) is 7.21. The highest BCUT2D eigenvalue weighted by molar-refractivity contribution is 7.89. The van der Waals surface area contributed by atoms with Gasteiger partial charge >= 0.3 is 0 Å². The van der Waals surface area contributed by atoms with Gasteiger partial charge in [-0.3, -0.25) is 4.79 Å². The largest absolute Gasteiger partial charge is 0.370 e. The average Bonchev–Trinajstić information content (AvgIpc) is 2.68. The molecule has 144 valence electrons. The molecule has 1 saturated carbocycles. The Morgan fingerprint density at radius 3 is 2.54 bits per heavy atom. The number of benzene rings is 1. The lowest BCUT2D eigenvalue weighted by Crippen LogP contribution is -3.23. The van der Waals surface area contributed by atoms with Gasteiger partial charge in [0.2, 0.25) is 10.0 Å². The fraction of sp³-hybridized carbons (Fsp3) is 0.632. The normalized spacial score (nSPS) is 21.4. The third kappa shape index (κ3) is 4.34. The van der Waals surface area contributed by atoms with E-state index < -0.39 is 10.0 Å². The molecule has 1 saturated heterocycles. The molecule has 0 bridgehead atoms. The van der Waals surface area contributed by atoms with Crippen LogP contribution in [0.15, 0.2) is 29.2 Å². The van der Waals surface area contributed by atoms with Crippen molar-refractivity contribution >= 4 is 15.8 Å². The van der Waals surface area contributed by atoms with Crippen LogP contribution in [-0.4, -0.2) is 52.6 Å². The van der Waals surface area contributed by atoms with Gasteiger partial charge in [0.1, 0.15) is 18.6 Å². The molecule has 2 N–H and O–H groups in total. The smallest absolute Gasteiger partial charge is 0.240 e. The Morgan fingerprint density at radius 2 is 1.88 bits per heavy atom. The van der Waals surface area contributed by atoms with Gasteiger partial charge in [0.05, 0.1) is 24.7 Å². The molecule has 0 radical (unpaired) electrons.